The fraction of sp³-hybridized carbons (Fsp3) is 0.700. The van der Waals surface area contributed by atoms with Gasteiger partial charge in [-0.1, -0.05) is 0 Å². The monoisotopic (exact) mass is 454 g/mol. The van der Waals surface area contributed by atoms with E-state index in [4.69, 9.17) is 23.1 Å². The molecule has 3 rings (SSSR count). The molecule has 10 nitrogen and oxygen atoms in total. The Labute approximate surface area is 188 Å². The molecule has 31 heavy (non-hydrogen) atoms. The summed E-state index contributed by atoms with van der Waals surface area (Å²) in [5.74, 6) is -0.979. The molecule has 2 saturated heterocycles. The first-order valence-electron chi connectivity index (χ1n) is 10.7. The van der Waals surface area contributed by atoms with Crippen molar-refractivity contribution in [1.82, 2.24) is 20.5 Å². The lowest BCUT2D eigenvalue weighted by Crippen LogP contribution is -2.64. The fourth-order valence-electron chi connectivity index (χ4n) is 4.34. The summed E-state index contributed by atoms with van der Waals surface area (Å²) < 4.78 is 0. The van der Waals surface area contributed by atoms with Gasteiger partial charge in [-0.3, -0.25) is 20.4 Å². The second-order valence-corrected chi connectivity index (χ2v) is 9.44. The number of carbonyl (C=O) groups is 1. The maximum Gasteiger partial charge on any atom is 0.233 e. The van der Waals surface area contributed by atoms with E-state index < -0.39 is 17.7 Å². The van der Waals surface area contributed by atoms with Gasteiger partial charge in [-0.25, -0.2) is 0 Å². The number of piperidine rings is 1. The normalized spacial score (nSPS) is 25.0. The number of nitrogens with one attached hydrogen (secondary N) is 3. The van der Waals surface area contributed by atoms with Crippen molar-refractivity contribution in [2.45, 2.75) is 36.2 Å². The standard InChI is InChI=1S/C20H35ClN8O2/c1-28(2)12-20(31)4-7-29(8-5-20)15-3-6-24-11-14(15)27-19(30)16(17(22)23)18-25-9-13(21)10-26-18/h3,6,11,13,16-18,25-26,31H,4-5,7-10,12,22-23H2,1-2H3,(H,27,30). The number of halogens is 1. The zero-order valence-corrected chi connectivity index (χ0v) is 19.0. The maximum atomic E-state index is 13.1. The van der Waals surface area contributed by atoms with Crippen LogP contribution in [0.25, 0.3) is 0 Å². The van der Waals surface area contributed by atoms with E-state index in [-0.39, 0.29) is 17.5 Å². The first kappa shape index (κ1) is 24.1. The van der Waals surface area contributed by atoms with Crippen molar-refractivity contribution < 1.29 is 9.90 Å². The van der Waals surface area contributed by atoms with Crippen molar-refractivity contribution in [3.8, 4) is 0 Å². The Kier molecular flexibility index (Phi) is 8.08. The van der Waals surface area contributed by atoms with Crippen LogP contribution in [0, 0.1) is 5.92 Å². The molecule has 0 aromatic carbocycles. The highest BCUT2D eigenvalue weighted by Gasteiger charge is 2.36. The van der Waals surface area contributed by atoms with Gasteiger partial charge in [0, 0.05) is 38.9 Å². The van der Waals surface area contributed by atoms with Gasteiger partial charge in [-0.05, 0) is 33.0 Å². The SMILES string of the molecule is CN(C)CC1(O)CCN(c2ccncc2NC(=O)C(C(N)N)C2NCC(Cl)CN2)CC1. The number of hydrogen-bond donors (Lipinski definition) is 6. The lowest BCUT2D eigenvalue weighted by Gasteiger charge is -2.41. The van der Waals surface area contributed by atoms with Crippen molar-refractivity contribution in [1.29, 1.82) is 0 Å². The Morgan fingerprint density at radius 1 is 1.39 bits per heavy atom. The van der Waals surface area contributed by atoms with Gasteiger partial charge in [0.15, 0.2) is 0 Å². The summed E-state index contributed by atoms with van der Waals surface area (Å²) in [5.41, 5.74) is 12.7. The first-order chi connectivity index (χ1) is 14.7. The molecule has 1 aromatic heterocycles. The van der Waals surface area contributed by atoms with Crippen molar-refractivity contribution in [2.75, 3.05) is 57.0 Å². The minimum absolute atomic E-state index is 0.0517. The number of hydrogen-bond acceptors (Lipinski definition) is 9. The number of aliphatic hydroxyl groups is 1. The Morgan fingerprint density at radius 3 is 2.61 bits per heavy atom. The zero-order chi connectivity index (χ0) is 22.6. The summed E-state index contributed by atoms with van der Waals surface area (Å²) in [6.07, 6.45) is 3.39. The number of rotatable bonds is 7. The third kappa shape index (κ3) is 6.26. The van der Waals surface area contributed by atoms with E-state index in [1.54, 1.807) is 12.4 Å². The van der Waals surface area contributed by atoms with Crippen molar-refractivity contribution in [2.24, 2.45) is 17.4 Å². The Bertz CT molecular complexity index is 734. The molecule has 174 valence electrons. The van der Waals surface area contributed by atoms with Gasteiger partial charge in [0.25, 0.3) is 0 Å². The second kappa shape index (κ2) is 10.4. The molecule has 1 amide bonds. The van der Waals surface area contributed by atoms with Gasteiger partial charge in [0.1, 0.15) is 0 Å². The molecule has 2 aliphatic rings. The molecule has 0 bridgehead atoms. The van der Waals surface area contributed by atoms with Crippen molar-refractivity contribution >= 4 is 28.9 Å². The third-order valence-corrected chi connectivity index (χ3v) is 6.20. The highest BCUT2D eigenvalue weighted by molar-refractivity contribution is 6.21. The number of amides is 1. The molecule has 8 N–H and O–H groups in total. The number of aromatic nitrogens is 1. The quantitative estimate of drug-likeness (QED) is 0.223. The molecule has 1 atom stereocenters. The van der Waals surface area contributed by atoms with E-state index in [0.29, 0.717) is 51.3 Å². The average molecular weight is 455 g/mol. The highest BCUT2D eigenvalue weighted by Crippen LogP contribution is 2.31. The number of carbonyl (C=O) groups excluding carboxylic acids is 1. The molecule has 1 aromatic rings. The minimum atomic E-state index is -0.854. The number of pyridine rings is 1. The molecule has 0 radical (unpaired) electrons. The summed E-state index contributed by atoms with van der Waals surface area (Å²) in [5, 5.41) is 20.1. The van der Waals surface area contributed by atoms with Crippen LogP contribution in [0.5, 0.6) is 0 Å². The van der Waals surface area contributed by atoms with Crippen LogP contribution in [0.4, 0.5) is 11.4 Å². The summed E-state index contributed by atoms with van der Waals surface area (Å²) >= 11 is 6.11. The maximum absolute atomic E-state index is 13.1. The van der Waals surface area contributed by atoms with E-state index in [1.807, 2.05) is 25.1 Å². The van der Waals surface area contributed by atoms with Crippen LogP contribution < -0.4 is 32.3 Å². The van der Waals surface area contributed by atoms with Crippen molar-refractivity contribution in [3.63, 3.8) is 0 Å². The van der Waals surface area contributed by atoms with Gasteiger partial charge < -0.3 is 31.7 Å². The molecule has 11 heteroatoms. The van der Waals surface area contributed by atoms with Crippen LogP contribution >= 0.6 is 11.6 Å². The lowest BCUT2D eigenvalue weighted by molar-refractivity contribution is -0.121. The molecule has 0 aliphatic carbocycles. The molecular weight excluding hydrogens is 420 g/mol. The van der Waals surface area contributed by atoms with E-state index in [9.17, 15) is 9.90 Å². The zero-order valence-electron chi connectivity index (χ0n) is 18.2. The lowest BCUT2D eigenvalue weighted by atomic mass is 9.90. The molecular formula is C20H35ClN8O2. The van der Waals surface area contributed by atoms with Gasteiger partial charge in [0.2, 0.25) is 5.91 Å². The largest absolute Gasteiger partial charge is 0.388 e. The van der Waals surface area contributed by atoms with Crippen LogP contribution in [-0.4, -0.2) is 91.0 Å². The number of nitrogens with two attached hydrogens (primary N) is 2. The topological polar surface area (TPSA) is 145 Å². The van der Waals surface area contributed by atoms with Crippen LogP contribution in [0.15, 0.2) is 18.5 Å². The van der Waals surface area contributed by atoms with Gasteiger partial charge in [0.05, 0.1) is 46.8 Å². The van der Waals surface area contributed by atoms with E-state index >= 15 is 0 Å². The van der Waals surface area contributed by atoms with Gasteiger partial charge in [-0.2, -0.15) is 0 Å². The van der Waals surface area contributed by atoms with Gasteiger partial charge >= 0.3 is 0 Å². The Morgan fingerprint density at radius 2 is 2.03 bits per heavy atom. The Balaban J connectivity index is 1.69. The van der Waals surface area contributed by atoms with Gasteiger partial charge in [-0.15, -0.1) is 11.6 Å². The summed E-state index contributed by atoms with van der Waals surface area (Å²) in [4.78, 5) is 21.5. The molecule has 2 fully saturated rings. The third-order valence-electron chi connectivity index (χ3n) is 5.90. The summed E-state index contributed by atoms with van der Waals surface area (Å²) in [6.45, 7) is 3.12. The second-order valence-electron chi connectivity index (χ2n) is 8.83. The van der Waals surface area contributed by atoms with Crippen LogP contribution in [0.3, 0.4) is 0 Å². The molecule has 0 saturated carbocycles. The number of alkyl halides is 1. The van der Waals surface area contributed by atoms with Crippen LogP contribution in [-0.2, 0) is 4.79 Å². The fourth-order valence-corrected chi connectivity index (χ4v) is 4.52. The predicted octanol–water partition coefficient (Wildman–Crippen LogP) is -1.10. The van der Waals surface area contributed by atoms with E-state index in [0.717, 1.165) is 5.69 Å². The highest BCUT2D eigenvalue weighted by atomic mass is 35.5. The first-order valence-corrected chi connectivity index (χ1v) is 11.1. The summed E-state index contributed by atoms with van der Waals surface area (Å²) in [6, 6.07) is 1.87. The minimum Gasteiger partial charge on any atom is -0.388 e. The molecule has 0 spiro atoms. The molecule has 1 unspecified atom stereocenters. The number of nitrogens with zero attached hydrogens (tertiary/aromatic N) is 3. The Hall–Kier alpha value is -1.53. The summed E-state index contributed by atoms with van der Waals surface area (Å²) in [7, 11) is 3.92. The number of anilines is 2. The smallest absolute Gasteiger partial charge is 0.233 e. The van der Waals surface area contributed by atoms with Crippen molar-refractivity contribution in [3.05, 3.63) is 18.5 Å². The van der Waals surface area contributed by atoms with E-state index in [1.165, 1.54) is 0 Å². The van der Waals surface area contributed by atoms with E-state index in [2.05, 4.69) is 25.8 Å². The average Bonchev–Trinajstić information content (AvgIpc) is 2.70. The van der Waals surface area contributed by atoms with Crippen LogP contribution in [0.1, 0.15) is 12.8 Å². The molecule has 2 aliphatic heterocycles. The number of likely N-dealkylation sites (N-methyl/N-ethyl adjacent to an activating group) is 1. The molecule has 3 heterocycles. The predicted molar refractivity (Wildman–Crippen MR) is 123 cm³/mol. The van der Waals surface area contributed by atoms with Crippen LogP contribution in [0.2, 0.25) is 0 Å².